The van der Waals surface area contributed by atoms with Crippen molar-refractivity contribution in [2.45, 2.75) is 6.61 Å². The van der Waals surface area contributed by atoms with E-state index >= 15 is 0 Å². The summed E-state index contributed by atoms with van der Waals surface area (Å²) in [5, 5.41) is 13.1. The van der Waals surface area contributed by atoms with Crippen molar-refractivity contribution in [3.63, 3.8) is 0 Å². The van der Waals surface area contributed by atoms with Gasteiger partial charge in [0.25, 0.3) is 5.91 Å². The number of ether oxygens (including phenoxy) is 2. The molecule has 0 bridgehead atoms. The normalized spacial score (nSPS) is 15.3. The number of nitriles is 1. The Bertz CT molecular complexity index is 1370. The molecule has 1 N–H and O–H groups in total. The number of carbonyl (C=O) groups is 1. The summed E-state index contributed by atoms with van der Waals surface area (Å²) in [6.07, 6.45) is 1.74. The molecule has 1 amide bonds. The highest BCUT2D eigenvalue weighted by Crippen LogP contribution is 2.35. The van der Waals surface area contributed by atoms with Crippen molar-refractivity contribution in [1.82, 2.24) is 5.32 Å². The summed E-state index contributed by atoms with van der Waals surface area (Å²) in [6, 6.07) is 19.9. The van der Waals surface area contributed by atoms with Gasteiger partial charge in [-0.3, -0.25) is 4.79 Å². The molecule has 3 aromatic carbocycles. The lowest BCUT2D eigenvalue weighted by Gasteiger charge is -2.12. The lowest BCUT2D eigenvalue weighted by molar-refractivity contribution is -0.115. The number of halogens is 2. The average Bonchev–Trinajstić information content (AvgIpc) is 3.19. The molecule has 1 aliphatic rings. The highest BCUT2D eigenvalue weighted by molar-refractivity contribution is 8.18. The van der Waals surface area contributed by atoms with Crippen molar-refractivity contribution in [2.75, 3.05) is 7.11 Å². The fraction of sp³-hybridized carbons (Fsp3) is 0.0800. The maximum Gasteiger partial charge on any atom is 0.264 e. The monoisotopic (exact) mass is 509 g/mol. The Morgan fingerprint density at radius 1 is 1.12 bits per heavy atom. The summed E-state index contributed by atoms with van der Waals surface area (Å²) in [4.78, 5) is 17.3. The molecule has 6 nitrogen and oxygen atoms in total. The number of amidine groups is 1. The number of aliphatic imine (C=N–C) groups is 1. The maximum absolute atomic E-state index is 12.4. The maximum atomic E-state index is 12.4. The molecule has 34 heavy (non-hydrogen) atoms. The van der Waals surface area contributed by atoms with Crippen LogP contribution in [-0.2, 0) is 11.4 Å². The molecule has 1 saturated heterocycles. The number of nitrogens with zero attached hydrogens (tertiary/aromatic N) is 2. The Morgan fingerprint density at radius 3 is 2.74 bits per heavy atom. The number of amides is 1. The minimum atomic E-state index is -0.269. The van der Waals surface area contributed by atoms with Gasteiger partial charge in [0, 0.05) is 5.56 Å². The molecule has 0 unspecified atom stereocenters. The summed E-state index contributed by atoms with van der Waals surface area (Å²) in [5.74, 6) is 0.764. The van der Waals surface area contributed by atoms with Gasteiger partial charge < -0.3 is 14.8 Å². The van der Waals surface area contributed by atoms with Crippen LogP contribution in [0.5, 0.6) is 11.5 Å². The van der Waals surface area contributed by atoms with E-state index in [1.807, 2.05) is 24.3 Å². The van der Waals surface area contributed by atoms with E-state index in [2.05, 4.69) is 16.4 Å². The summed E-state index contributed by atoms with van der Waals surface area (Å²) in [7, 11) is 1.54. The molecule has 1 aliphatic heterocycles. The van der Waals surface area contributed by atoms with E-state index in [1.54, 1.807) is 49.6 Å². The number of methoxy groups -OCH3 is 1. The van der Waals surface area contributed by atoms with Crippen molar-refractivity contribution in [3.8, 4) is 17.6 Å². The van der Waals surface area contributed by atoms with Gasteiger partial charge in [-0.05, 0) is 53.7 Å². The first-order valence-electron chi connectivity index (χ1n) is 10.0. The van der Waals surface area contributed by atoms with Crippen LogP contribution in [0.4, 0.5) is 5.69 Å². The molecule has 9 heteroatoms. The number of thioether (sulfide) groups is 1. The van der Waals surface area contributed by atoms with Gasteiger partial charge >= 0.3 is 0 Å². The van der Waals surface area contributed by atoms with Gasteiger partial charge in [0.15, 0.2) is 16.7 Å². The van der Waals surface area contributed by atoms with E-state index in [4.69, 9.17) is 32.7 Å². The minimum Gasteiger partial charge on any atom is -0.493 e. The zero-order chi connectivity index (χ0) is 24.1. The summed E-state index contributed by atoms with van der Waals surface area (Å²) in [5.41, 5.74) is 2.56. The molecule has 0 spiro atoms. The van der Waals surface area contributed by atoms with Gasteiger partial charge in [-0.25, -0.2) is 4.99 Å². The molecule has 1 heterocycles. The number of hydrogen-bond donors (Lipinski definition) is 1. The highest BCUT2D eigenvalue weighted by atomic mass is 35.5. The fourth-order valence-electron chi connectivity index (χ4n) is 3.12. The smallest absolute Gasteiger partial charge is 0.264 e. The van der Waals surface area contributed by atoms with Gasteiger partial charge in [0.1, 0.15) is 6.61 Å². The van der Waals surface area contributed by atoms with E-state index in [9.17, 15) is 10.1 Å². The molecule has 3 aromatic rings. The Kier molecular flexibility index (Phi) is 7.43. The van der Waals surface area contributed by atoms with E-state index in [-0.39, 0.29) is 12.5 Å². The zero-order valence-electron chi connectivity index (χ0n) is 17.8. The number of rotatable bonds is 6. The molecule has 0 aliphatic carbocycles. The minimum absolute atomic E-state index is 0.227. The zero-order valence-corrected chi connectivity index (χ0v) is 20.2. The van der Waals surface area contributed by atoms with Crippen LogP contribution in [-0.4, -0.2) is 18.2 Å². The molecule has 170 valence electrons. The second-order valence-corrected chi connectivity index (χ2v) is 8.84. The quantitative estimate of drug-likeness (QED) is 0.391. The van der Waals surface area contributed by atoms with Crippen LogP contribution in [0, 0.1) is 11.3 Å². The van der Waals surface area contributed by atoms with Crippen LogP contribution in [0.3, 0.4) is 0 Å². The van der Waals surface area contributed by atoms with Gasteiger partial charge in [-0.1, -0.05) is 53.5 Å². The topological polar surface area (TPSA) is 83.7 Å². The number of hydrogen-bond acceptors (Lipinski definition) is 6. The third-order valence-electron chi connectivity index (χ3n) is 4.81. The number of benzene rings is 3. The summed E-state index contributed by atoms with van der Waals surface area (Å²) in [6.45, 7) is 0.227. The van der Waals surface area contributed by atoms with Gasteiger partial charge in [-0.2, -0.15) is 5.26 Å². The molecule has 0 aromatic heterocycles. The molecule has 0 atom stereocenters. The molecular formula is C25H17Cl2N3O3S. The Balaban J connectivity index is 1.52. The van der Waals surface area contributed by atoms with Gasteiger partial charge in [0.05, 0.1) is 39.4 Å². The van der Waals surface area contributed by atoms with Crippen molar-refractivity contribution in [2.24, 2.45) is 4.99 Å². The summed E-state index contributed by atoms with van der Waals surface area (Å²) < 4.78 is 11.4. The summed E-state index contributed by atoms with van der Waals surface area (Å²) >= 11 is 13.4. The van der Waals surface area contributed by atoms with Crippen molar-refractivity contribution < 1.29 is 14.3 Å². The lowest BCUT2D eigenvalue weighted by atomic mass is 10.1. The van der Waals surface area contributed by atoms with Crippen LogP contribution in [0.25, 0.3) is 6.08 Å². The Morgan fingerprint density at radius 2 is 1.94 bits per heavy atom. The molecule has 0 saturated carbocycles. The van der Waals surface area contributed by atoms with Crippen LogP contribution < -0.4 is 14.8 Å². The van der Waals surface area contributed by atoms with Crippen LogP contribution in [0.15, 0.2) is 70.6 Å². The average molecular weight is 510 g/mol. The third kappa shape index (κ3) is 5.37. The first-order valence-corrected chi connectivity index (χ1v) is 11.6. The predicted molar refractivity (Wildman–Crippen MR) is 136 cm³/mol. The Labute approximate surface area is 210 Å². The molecule has 1 fully saturated rings. The van der Waals surface area contributed by atoms with E-state index in [0.717, 1.165) is 11.1 Å². The third-order valence-corrected chi connectivity index (χ3v) is 6.53. The number of carbonyl (C=O) groups excluding carboxylic acids is 1. The fourth-order valence-corrected chi connectivity index (χ4v) is 4.30. The van der Waals surface area contributed by atoms with Crippen LogP contribution >= 0.6 is 35.0 Å². The van der Waals surface area contributed by atoms with Crippen molar-refractivity contribution in [1.29, 1.82) is 5.26 Å². The van der Waals surface area contributed by atoms with Crippen LogP contribution in [0.2, 0.25) is 10.0 Å². The Hall–Kier alpha value is -3.44. The first-order chi connectivity index (χ1) is 16.5. The van der Waals surface area contributed by atoms with Crippen molar-refractivity contribution >= 4 is 57.8 Å². The van der Waals surface area contributed by atoms with Gasteiger partial charge in [-0.15, -0.1) is 0 Å². The van der Waals surface area contributed by atoms with Gasteiger partial charge in [0.2, 0.25) is 0 Å². The highest BCUT2D eigenvalue weighted by Gasteiger charge is 2.24. The molecule has 0 radical (unpaired) electrons. The predicted octanol–water partition coefficient (Wildman–Crippen LogP) is 6.34. The number of nitrogens with one attached hydrogen (secondary N) is 1. The van der Waals surface area contributed by atoms with Crippen molar-refractivity contribution in [3.05, 3.63) is 92.3 Å². The molecule has 4 rings (SSSR count). The molecular weight excluding hydrogens is 493 g/mol. The second-order valence-electron chi connectivity index (χ2n) is 7.02. The van der Waals surface area contributed by atoms with Crippen LogP contribution in [0.1, 0.15) is 16.7 Å². The lowest BCUT2D eigenvalue weighted by Crippen LogP contribution is -2.19. The van der Waals surface area contributed by atoms with E-state index < -0.39 is 0 Å². The standard InChI is InChI=1S/C25H17Cl2N3O3S/c1-32-21-11-15(9-10-20(21)33-14-17-6-3-2-5-16(17)13-28)12-22-24(31)30-25(34-22)29-19-8-4-7-18(26)23(19)27/h2-12H,14H2,1H3,(H,29,30,31)/b22-12-. The largest absolute Gasteiger partial charge is 0.493 e. The first kappa shape index (κ1) is 23.7. The van der Waals surface area contributed by atoms with E-state index in [1.165, 1.54) is 11.8 Å². The second kappa shape index (κ2) is 10.7. The SMILES string of the molecule is COc1cc(/C=C2\SC(=Nc3cccc(Cl)c3Cl)NC2=O)ccc1OCc1ccccc1C#N. The van der Waals surface area contributed by atoms with E-state index in [0.29, 0.717) is 42.9 Å².